The minimum absolute atomic E-state index is 0.0488. The average Bonchev–Trinajstić information content (AvgIpc) is 3.15. The fourth-order valence-corrected chi connectivity index (χ4v) is 4.15. The quantitative estimate of drug-likeness (QED) is 0.716. The number of carbonyl (C=O) groups is 1. The van der Waals surface area contributed by atoms with E-state index in [1.165, 1.54) is 10.4 Å². The molecule has 0 saturated heterocycles. The standard InChI is InChI=1S/C18H19N3OS2/c1-4-13-11-16(23-12(13)2)17(22)20-14-5-7-15(8-6-14)24-18-19-9-10-21(18)3/h5-11H,4H2,1-3H3,(H,20,22). The highest BCUT2D eigenvalue weighted by molar-refractivity contribution is 7.99. The molecule has 0 unspecified atom stereocenters. The lowest BCUT2D eigenvalue weighted by atomic mass is 10.2. The van der Waals surface area contributed by atoms with Gasteiger partial charge in [-0.3, -0.25) is 4.79 Å². The van der Waals surface area contributed by atoms with Crippen LogP contribution in [-0.2, 0) is 13.5 Å². The molecule has 3 rings (SSSR count). The van der Waals surface area contributed by atoms with E-state index in [0.717, 1.165) is 27.0 Å². The predicted octanol–water partition coefficient (Wildman–Crippen LogP) is 4.76. The van der Waals surface area contributed by atoms with Gasteiger partial charge in [-0.15, -0.1) is 11.3 Å². The summed E-state index contributed by atoms with van der Waals surface area (Å²) in [5.74, 6) is -0.0488. The Hall–Kier alpha value is -2.05. The fourth-order valence-electron chi connectivity index (χ4n) is 2.34. The number of amides is 1. The van der Waals surface area contributed by atoms with Crippen LogP contribution in [0.15, 0.2) is 52.8 Å². The monoisotopic (exact) mass is 357 g/mol. The van der Waals surface area contributed by atoms with Gasteiger partial charge in [0.2, 0.25) is 0 Å². The van der Waals surface area contributed by atoms with E-state index in [9.17, 15) is 4.79 Å². The van der Waals surface area contributed by atoms with E-state index in [4.69, 9.17) is 0 Å². The number of benzene rings is 1. The molecule has 0 aliphatic rings. The number of anilines is 1. The van der Waals surface area contributed by atoms with Crippen LogP contribution < -0.4 is 5.32 Å². The van der Waals surface area contributed by atoms with Gasteiger partial charge >= 0.3 is 0 Å². The largest absolute Gasteiger partial charge is 0.329 e. The molecule has 2 aromatic heterocycles. The molecule has 1 amide bonds. The van der Waals surface area contributed by atoms with Crippen molar-refractivity contribution in [3.63, 3.8) is 0 Å². The van der Waals surface area contributed by atoms with Gasteiger partial charge in [0, 0.05) is 34.9 Å². The van der Waals surface area contributed by atoms with E-state index >= 15 is 0 Å². The number of carbonyl (C=O) groups excluding carboxylic acids is 1. The normalized spacial score (nSPS) is 10.8. The average molecular weight is 358 g/mol. The van der Waals surface area contributed by atoms with Gasteiger partial charge in [0.05, 0.1) is 4.88 Å². The highest BCUT2D eigenvalue weighted by atomic mass is 32.2. The molecule has 0 fully saturated rings. The maximum Gasteiger partial charge on any atom is 0.265 e. The van der Waals surface area contributed by atoms with E-state index in [1.807, 2.05) is 48.1 Å². The Bertz CT molecular complexity index is 850. The first-order valence-electron chi connectivity index (χ1n) is 7.72. The van der Waals surface area contributed by atoms with Crippen LogP contribution in [0.3, 0.4) is 0 Å². The van der Waals surface area contributed by atoms with Crippen molar-refractivity contribution in [3.05, 3.63) is 58.0 Å². The van der Waals surface area contributed by atoms with E-state index in [-0.39, 0.29) is 5.91 Å². The molecule has 1 N–H and O–H groups in total. The molecule has 1 aromatic carbocycles. The first kappa shape index (κ1) is 16.8. The van der Waals surface area contributed by atoms with E-state index in [0.29, 0.717) is 0 Å². The van der Waals surface area contributed by atoms with Crippen molar-refractivity contribution in [2.45, 2.75) is 30.3 Å². The van der Waals surface area contributed by atoms with Gasteiger partial charge in [-0.05, 0) is 49.2 Å². The van der Waals surface area contributed by atoms with Crippen molar-refractivity contribution in [2.75, 3.05) is 5.32 Å². The van der Waals surface area contributed by atoms with Crippen LogP contribution in [0.5, 0.6) is 0 Å². The molecule has 3 aromatic rings. The molecule has 0 saturated carbocycles. The van der Waals surface area contributed by atoms with Gasteiger partial charge in [0.25, 0.3) is 5.91 Å². The second-order valence-electron chi connectivity index (χ2n) is 5.45. The van der Waals surface area contributed by atoms with Gasteiger partial charge in [-0.2, -0.15) is 0 Å². The number of rotatable bonds is 5. The van der Waals surface area contributed by atoms with Crippen molar-refractivity contribution >= 4 is 34.7 Å². The number of hydrogen-bond donors (Lipinski definition) is 1. The summed E-state index contributed by atoms with van der Waals surface area (Å²) in [6.07, 6.45) is 4.66. The zero-order valence-electron chi connectivity index (χ0n) is 13.9. The summed E-state index contributed by atoms with van der Waals surface area (Å²) >= 11 is 3.14. The Labute approximate surface area is 149 Å². The van der Waals surface area contributed by atoms with Gasteiger partial charge in [0.15, 0.2) is 5.16 Å². The Kier molecular flexibility index (Phi) is 5.06. The third kappa shape index (κ3) is 3.71. The molecule has 0 radical (unpaired) electrons. The predicted molar refractivity (Wildman–Crippen MR) is 100 cm³/mol. The van der Waals surface area contributed by atoms with E-state index in [2.05, 4.69) is 24.1 Å². The number of aryl methyl sites for hydroxylation is 3. The summed E-state index contributed by atoms with van der Waals surface area (Å²) < 4.78 is 1.98. The van der Waals surface area contributed by atoms with Gasteiger partial charge < -0.3 is 9.88 Å². The minimum atomic E-state index is -0.0488. The van der Waals surface area contributed by atoms with Crippen LogP contribution in [0.1, 0.15) is 27.0 Å². The minimum Gasteiger partial charge on any atom is -0.329 e. The fraction of sp³-hybridized carbons (Fsp3) is 0.222. The Balaban J connectivity index is 1.67. The van der Waals surface area contributed by atoms with E-state index in [1.54, 1.807) is 29.3 Å². The van der Waals surface area contributed by atoms with Crippen molar-refractivity contribution in [1.82, 2.24) is 9.55 Å². The van der Waals surface area contributed by atoms with Gasteiger partial charge in [-0.1, -0.05) is 18.7 Å². The van der Waals surface area contributed by atoms with Crippen LogP contribution in [-0.4, -0.2) is 15.5 Å². The number of nitrogens with one attached hydrogen (secondary N) is 1. The summed E-state index contributed by atoms with van der Waals surface area (Å²) in [6.45, 7) is 4.17. The lowest BCUT2D eigenvalue weighted by molar-refractivity contribution is 0.103. The van der Waals surface area contributed by atoms with Crippen LogP contribution in [0.25, 0.3) is 0 Å². The molecule has 0 bridgehead atoms. The second-order valence-corrected chi connectivity index (χ2v) is 7.74. The number of aromatic nitrogens is 2. The zero-order chi connectivity index (χ0) is 17.1. The molecule has 24 heavy (non-hydrogen) atoms. The maximum absolute atomic E-state index is 12.4. The van der Waals surface area contributed by atoms with Crippen LogP contribution >= 0.6 is 23.1 Å². The summed E-state index contributed by atoms with van der Waals surface area (Å²) in [5, 5.41) is 3.90. The summed E-state index contributed by atoms with van der Waals surface area (Å²) in [7, 11) is 1.97. The van der Waals surface area contributed by atoms with Crippen molar-refractivity contribution in [1.29, 1.82) is 0 Å². The molecule has 4 nitrogen and oxygen atoms in total. The maximum atomic E-state index is 12.4. The van der Waals surface area contributed by atoms with Crippen molar-refractivity contribution in [2.24, 2.45) is 7.05 Å². The SMILES string of the molecule is CCc1cc(C(=O)Nc2ccc(Sc3nccn3C)cc2)sc1C. The number of imidazole rings is 1. The first-order chi connectivity index (χ1) is 11.6. The van der Waals surface area contributed by atoms with Gasteiger partial charge in [-0.25, -0.2) is 4.98 Å². The summed E-state index contributed by atoms with van der Waals surface area (Å²) in [4.78, 5) is 19.7. The molecular formula is C18H19N3OS2. The van der Waals surface area contributed by atoms with Crippen LogP contribution in [0.2, 0.25) is 0 Å². The van der Waals surface area contributed by atoms with Gasteiger partial charge in [0.1, 0.15) is 0 Å². The Morgan fingerprint density at radius 2 is 2.08 bits per heavy atom. The van der Waals surface area contributed by atoms with Crippen molar-refractivity contribution in [3.8, 4) is 0 Å². The summed E-state index contributed by atoms with van der Waals surface area (Å²) in [5.41, 5.74) is 2.04. The number of nitrogens with zero attached hydrogens (tertiary/aromatic N) is 2. The first-order valence-corrected chi connectivity index (χ1v) is 9.36. The van der Waals surface area contributed by atoms with Crippen LogP contribution in [0, 0.1) is 6.92 Å². The highest BCUT2D eigenvalue weighted by Crippen LogP contribution is 2.27. The highest BCUT2D eigenvalue weighted by Gasteiger charge is 2.12. The topological polar surface area (TPSA) is 46.9 Å². The Morgan fingerprint density at radius 3 is 2.67 bits per heavy atom. The molecule has 6 heteroatoms. The molecule has 0 aliphatic heterocycles. The summed E-state index contributed by atoms with van der Waals surface area (Å²) in [6, 6.07) is 9.81. The Morgan fingerprint density at radius 1 is 1.33 bits per heavy atom. The molecule has 2 heterocycles. The number of thiophene rings is 1. The van der Waals surface area contributed by atoms with Crippen molar-refractivity contribution < 1.29 is 4.79 Å². The zero-order valence-corrected chi connectivity index (χ0v) is 15.5. The lowest BCUT2D eigenvalue weighted by Gasteiger charge is -2.05. The number of hydrogen-bond acceptors (Lipinski definition) is 4. The third-order valence-electron chi connectivity index (χ3n) is 3.72. The molecule has 0 aliphatic carbocycles. The molecule has 0 atom stereocenters. The van der Waals surface area contributed by atoms with Crippen LogP contribution in [0.4, 0.5) is 5.69 Å². The smallest absolute Gasteiger partial charge is 0.265 e. The third-order valence-corrected chi connectivity index (χ3v) is 5.90. The molecular weight excluding hydrogens is 338 g/mol. The second kappa shape index (κ2) is 7.23. The molecule has 0 spiro atoms. The lowest BCUT2D eigenvalue weighted by Crippen LogP contribution is -2.09. The molecule has 124 valence electrons. The van der Waals surface area contributed by atoms with E-state index < -0.39 is 0 Å².